The SMILES string of the molecule is OC(CC1CCOCC1)c1ccc2c(c1)COC2. The molecule has 1 unspecified atom stereocenters. The molecule has 1 fully saturated rings. The highest BCUT2D eigenvalue weighted by Gasteiger charge is 2.20. The molecule has 0 radical (unpaired) electrons. The highest BCUT2D eigenvalue weighted by Crippen LogP contribution is 2.30. The van der Waals surface area contributed by atoms with E-state index in [0.29, 0.717) is 19.1 Å². The van der Waals surface area contributed by atoms with E-state index in [9.17, 15) is 5.11 Å². The molecular weight excluding hydrogens is 228 g/mol. The highest BCUT2D eigenvalue weighted by molar-refractivity contribution is 5.34. The molecule has 1 atom stereocenters. The molecule has 2 aliphatic rings. The Balaban J connectivity index is 1.66. The van der Waals surface area contributed by atoms with E-state index in [1.807, 2.05) is 6.07 Å². The fourth-order valence-corrected chi connectivity index (χ4v) is 2.83. The second-order valence-electron chi connectivity index (χ2n) is 5.33. The Kier molecular flexibility index (Phi) is 3.64. The standard InChI is InChI=1S/C15H20O3/c16-15(7-11-3-5-17-6-4-11)12-1-2-13-9-18-10-14(13)8-12/h1-2,8,11,15-16H,3-7,9-10H2. The lowest BCUT2D eigenvalue weighted by Crippen LogP contribution is -2.18. The van der Waals surface area contributed by atoms with E-state index in [0.717, 1.165) is 38.0 Å². The summed E-state index contributed by atoms with van der Waals surface area (Å²) >= 11 is 0. The van der Waals surface area contributed by atoms with Crippen molar-refractivity contribution in [1.29, 1.82) is 0 Å². The molecule has 0 spiro atoms. The molecule has 3 rings (SSSR count). The summed E-state index contributed by atoms with van der Waals surface area (Å²) in [6.45, 7) is 3.09. The average molecular weight is 248 g/mol. The minimum atomic E-state index is -0.348. The Morgan fingerprint density at radius 1 is 1.11 bits per heavy atom. The predicted octanol–water partition coefficient (Wildman–Crippen LogP) is 2.57. The van der Waals surface area contributed by atoms with Crippen LogP contribution in [0.3, 0.4) is 0 Å². The smallest absolute Gasteiger partial charge is 0.0792 e. The second kappa shape index (κ2) is 5.39. The number of aliphatic hydroxyl groups excluding tert-OH is 1. The van der Waals surface area contributed by atoms with E-state index in [2.05, 4.69) is 12.1 Å². The third kappa shape index (κ3) is 2.58. The zero-order chi connectivity index (χ0) is 12.4. The molecule has 18 heavy (non-hydrogen) atoms. The summed E-state index contributed by atoms with van der Waals surface area (Å²) in [5, 5.41) is 10.3. The minimum Gasteiger partial charge on any atom is -0.388 e. The number of hydrogen-bond donors (Lipinski definition) is 1. The van der Waals surface area contributed by atoms with Crippen LogP contribution in [0.5, 0.6) is 0 Å². The monoisotopic (exact) mass is 248 g/mol. The first kappa shape index (κ1) is 12.2. The van der Waals surface area contributed by atoms with Crippen molar-refractivity contribution in [2.24, 2.45) is 5.92 Å². The zero-order valence-electron chi connectivity index (χ0n) is 10.6. The van der Waals surface area contributed by atoms with Crippen LogP contribution in [0.2, 0.25) is 0 Å². The number of hydrogen-bond acceptors (Lipinski definition) is 3. The van der Waals surface area contributed by atoms with Crippen molar-refractivity contribution in [3.63, 3.8) is 0 Å². The second-order valence-corrected chi connectivity index (χ2v) is 5.33. The van der Waals surface area contributed by atoms with Gasteiger partial charge in [-0.15, -0.1) is 0 Å². The molecule has 0 aliphatic carbocycles. The summed E-state index contributed by atoms with van der Waals surface area (Å²) in [5.74, 6) is 0.596. The number of aliphatic hydroxyl groups is 1. The van der Waals surface area contributed by atoms with Gasteiger partial charge in [0.05, 0.1) is 19.3 Å². The Morgan fingerprint density at radius 3 is 2.72 bits per heavy atom. The van der Waals surface area contributed by atoms with Gasteiger partial charge in [-0.25, -0.2) is 0 Å². The van der Waals surface area contributed by atoms with Crippen molar-refractivity contribution in [2.75, 3.05) is 13.2 Å². The number of ether oxygens (including phenoxy) is 2. The molecule has 0 saturated carbocycles. The summed E-state index contributed by atoms with van der Waals surface area (Å²) in [5.41, 5.74) is 3.53. The quantitative estimate of drug-likeness (QED) is 0.893. The average Bonchev–Trinajstić information content (AvgIpc) is 2.87. The Morgan fingerprint density at radius 2 is 1.89 bits per heavy atom. The molecule has 3 nitrogen and oxygen atoms in total. The van der Waals surface area contributed by atoms with Gasteiger partial charge in [0.25, 0.3) is 0 Å². The Labute approximate surface area is 108 Å². The molecule has 1 saturated heterocycles. The lowest BCUT2D eigenvalue weighted by molar-refractivity contribution is 0.0435. The molecule has 2 heterocycles. The summed E-state index contributed by atoms with van der Waals surface area (Å²) in [7, 11) is 0. The van der Waals surface area contributed by atoms with Gasteiger partial charge >= 0.3 is 0 Å². The third-order valence-electron chi connectivity index (χ3n) is 4.03. The van der Waals surface area contributed by atoms with E-state index >= 15 is 0 Å². The minimum absolute atomic E-state index is 0.348. The Bertz CT molecular complexity index is 410. The molecule has 0 amide bonds. The van der Waals surface area contributed by atoms with Gasteiger partial charge in [0.15, 0.2) is 0 Å². The predicted molar refractivity (Wildman–Crippen MR) is 68.1 cm³/mol. The molecule has 2 aliphatic heterocycles. The van der Waals surface area contributed by atoms with Crippen LogP contribution in [0.25, 0.3) is 0 Å². The largest absolute Gasteiger partial charge is 0.388 e. The topological polar surface area (TPSA) is 38.7 Å². The van der Waals surface area contributed by atoms with Crippen LogP contribution in [-0.4, -0.2) is 18.3 Å². The number of benzene rings is 1. The van der Waals surface area contributed by atoms with Gasteiger partial charge in [-0.1, -0.05) is 18.2 Å². The lowest BCUT2D eigenvalue weighted by atomic mass is 9.90. The van der Waals surface area contributed by atoms with Gasteiger partial charge < -0.3 is 14.6 Å². The molecule has 1 aromatic carbocycles. The van der Waals surface area contributed by atoms with Crippen molar-refractivity contribution in [2.45, 2.75) is 38.6 Å². The van der Waals surface area contributed by atoms with Crippen LogP contribution in [0, 0.1) is 5.92 Å². The maximum Gasteiger partial charge on any atom is 0.0792 e. The number of fused-ring (bicyclic) bond motifs is 1. The van der Waals surface area contributed by atoms with Gasteiger partial charge in [-0.05, 0) is 41.9 Å². The molecule has 0 bridgehead atoms. The van der Waals surface area contributed by atoms with Crippen LogP contribution in [-0.2, 0) is 22.7 Å². The van der Waals surface area contributed by atoms with Gasteiger partial charge in [0.2, 0.25) is 0 Å². The van der Waals surface area contributed by atoms with Gasteiger partial charge in [0.1, 0.15) is 0 Å². The van der Waals surface area contributed by atoms with Gasteiger partial charge in [0, 0.05) is 13.2 Å². The highest BCUT2D eigenvalue weighted by atomic mass is 16.5. The maximum atomic E-state index is 10.3. The van der Waals surface area contributed by atoms with E-state index in [4.69, 9.17) is 9.47 Å². The first-order chi connectivity index (χ1) is 8.83. The molecule has 98 valence electrons. The fraction of sp³-hybridized carbons (Fsp3) is 0.600. The van der Waals surface area contributed by atoms with E-state index < -0.39 is 0 Å². The fourth-order valence-electron chi connectivity index (χ4n) is 2.83. The van der Waals surface area contributed by atoms with E-state index in [1.54, 1.807) is 0 Å². The summed E-state index contributed by atoms with van der Waals surface area (Å²) < 4.78 is 10.8. The summed E-state index contributed by atoms with van der Waals surface area (Å²) in [6.07, 6.45) is 2.65. The molecule has 1 N–H and O–H groups in total. The van der Waals surface area contributed by atoms with Crippen LogP contribution in [0.4, 0.5) is 0 Å². The molecular formula is C15H20O3. The first-order valence-electron chi connectivity index (χ1n) is 6.78. The van der Waals surface area contributed by atoms with Gasteiger partial charge in [-0.2, -0.15) is 0 Å². The summed E-state index contributed by atoms with van der Waals surface area (Å²) in [6, 6.07) is 6.23. The molecule has 1 aromatic rings. The van der Waals surface area contributed by atoms with Crippen LogP contribution in [0.15, 0.2) is 18.2 Å². The van der Waals surface area contributed by atoms with E-state index in [-0.39, 0.29) is 6.10 Å². The maximum absolute atomic E-state index is 10.3. The summed E-state index contributed by atoms with van der Waals surface area (Å²) in [4.78, 5) is 0. The van der Waals surface area contributed by atoms with Crippen molar-refractivity contribution in [1.82, 2.24) is 0 Å². The third-order valence-corrected chi connectivity index (χ3v) is 4.03. The van der Waals surface area contributed by atoms with Gasteiger partial charge in [-0.3, -0.25) is 0 Å². The number of rotatable bonds is 3. The molecule has 3 heteroatoms. The van der Waals surface area contributed by atoms with Crippen molar-refractivity contribution in [3.05, 3.63) is 34.9 Å². The van der Waals surface area contributed by atoms with Crippen molar-refractivity contribution in [3.8, 4) is 0 Å². The van der Waals surface area contributed by atoms with Crippen LogP contribution >= 0.6 is 0 Å². The van der Waals surface area contributed by atoms with Crippen LogP contribution < -0.4 is 0 Å². The Hall–Kier alpha value is -0.900. The van der Waals surface area contributed by atoms with Crippen molar-refractivity contribution < 1.29 is 14.6 Å². The molecule has 0 aromatic heterocycles. The lowest BCUT2D eigenvalue weighted by Gasteiger charge is -2.24. The van der Waals surface area contributed by atoms with Crippen LogP contribution in [0.1, 0.15) is 42.1 Å². The van der Waals surface area contributed by atoms with Crippen molar-refractivity contribution >= 4 is 0 Å². The zero-order valence-corrected chi connectivity index (χ0v) is 10.6. The first-order valence-corrected chi connectivity index (χ1v) is 6.78. The normalized spacial score (nSPS) is 21.8. The van der Waals surface area contributed by atoms with E-state index in [1.165, 1.54) is 11.1 Å².